The van der Waals surface area contributed by atoms with Gasteiger partial charge in [-0.25, -0.2) is 14.8 Å². The molecular weight excluding hydrogens is 438 g/mol. The van der Waals surface area contributed by atoms with E-state index in [1.165, 1.54) is 11.3 Å². The molecule has 0 spiro atoms. The summed E-state index contributed by atoms with van der Waals surface area (Å²) in [6.07, 6.45) is 7.80. The number of hydrogen-bond acceptors (Lipinski definition) is 7. The first-order valence-corrected chi connectivity index (χ1v) is 11.7. The molecule has 168 valence electrons. The standard InChI is InChI=1S/C24H23N5O3S/c1-14-8-9-18(17(11-14)21(30)15-5-2-3-6-15)27-23(31)29-24-26-13-16(33-24)12-20-28-22-19(32-20)7-4-10-25-22/h4,7-11,13,15H,2-3,5-6,12H2,1H3,(H2,26,27,29,31). The van der Waals surface area contributed by atoms with Crippen LogP contribution in [-0.2, 0) is 6.42 Å². The van der Waals surface area contributed by atoms with Gasteiger partial charge in [0, 0.05) is 28.8 Å². The number of ketones is 1. The zero-order valence-electron chi connectivity index (χ0n) is 18.1. The maximum absolute atomic E-state index is 13.0. The first-order chi connectivity index (χ1) is 16.0. The fraction of sp³-hybridized carbons (Fsp3) is 0.292. The van der Waals surface area contributed by atoms with E-state index < -0.39 is 6.03 Å². The molecule has 1 fully saturated rings. The van der Waals surface area contributed by atoms with Gasteiger partial charge < -0.3 is 9.73 Å². The van der Waals surface area contributed by atoms with Crippen LogP contribution in [0.3, 0.4) is 0 Å². The van der Waals surface area contributed by atoms with Crippen molar-refractivity contribution < 1.29 is 14.0 Å². The Labute approximate surface area is 194 Å². The smallest absolute Gasteiger partial charge is 0.325 e. The predicted molar refractivity (Wildman–Crippen MR) is 127 cm³/mol. The fourth-order valence-corrected chi connectivity index (χ4v) is 4.91. The summed E-state index contributed by atoms with van der Waals surface area (Å²) in [5.74, 6) is 0.688. The number of benzene rings is 1. The molecule has 0 radical (unpaired) electrons. The van der Waals surface area contributed by atoms with E-state index in [1.807, 2.05) is 25.1 Å². The molecule has 0 atom stereocenters. The molecule has 0 unspecified atom stereocenters. The maximum Gasteiger partial charge on any atom is 0.325 e. The second kappa shape index (κ2) is 9.11. The van der Waals surface area contributed by atoms with Gasteiger partial charge in [-0.05, 0) is 44.0 Å². The number of carbonyl (C=O) groups is 2. The van der Waals surface area contributed by atoms with Gasteiger partial charge in [-0.15, -0.1) is 11.3 Å². The van der Waals surface area contributed by atoms with E-state index in [2.05, 4.69) is 25.6 Å². The Bertz CT molecular complexity index is 1290. The molecule has 5 rings (SSSR count). The van der Waals surface area contributed by atoms with Crippen LogP contribution in [0.4, 0.5) is 15.6 Å². The SMILES string of the molecule is Cc1ccc(NC(=O)Nc2ncc(Cc3nc4ncccc4o3)s2)c(C(=O)C2CCCC2)c1. The molecule has 1 aliphatic carbocycles. The minimum Gasteiger partial charge on any atom is -0.439 e. The number of aromatic nitrogens is 3. The van der Waals surface area contributed by atoms with Crippen LogP contribution in [0.25, 0.3) is 11.2 Å². The molecular formula is C24H23N5O3S. The molecule has 4 aromatic rings. The molecule has 1 aromatic carbocycles. The number of Topliss-reactive ketones (excluding diaryl/α,β-unsaturated/α-hetero) is 1. The van der Waals surface area contributed by atoms with Crippen molar-refractivity contribution in [3.8, 4) is 0 Å². The van der Waals surface area contributed by atoms with Crippen molar-refractivity contribution in [1.82, 2.24) is 15.0 Å². The van der Waals surface area contributed by atoms with E-state index in [1.54, 1.807) is 24.5 Å². The summed E-state index contributed by atoms with van der Waals surface area (Å²) >= 11 is 1.34. The van der Waals surface area contributed by atoms with E-state index in [-0.39, 0.29) is 11.7 Å². The van der Waals surface area contributed by atoms with E-state index in [0.717, 1.165) is 36.1 Å². The summed E-state index contributed by atoms with van der Waals surface area (Å²) in [5, 5.41) is 6.03. The number of thiazole rings is 1. The Hall–Kier alpha value is -3.59. The molecule has 3 aromatic heterocycles. The Morgan fingerprint density at radius 3 is 2.82 bits per heavy atom. The van der Waals surface area contributed by atoms with E-state index in [0.29, 0.717) is 39.9 Å². The van der Waals surface area contributed by atoms with E-state index in [9.17, 15) is 9.59 Å². The monoisotopic (exact) mass is 461 g/mol. The highest BCUT2D eigenvalue weighted by Crippen LogP contribution is 2.31. The Kier molecular flexibility index (Phi) is 5.87. The third-order valence-electron chi connectivity index (χ3n) is 5.72. The number of pyridine rings is 1. The van der Waals surface area contributed by atoms with Crippen LogP contribution < -0.4 is 10.6 Å². The highest BCUT2D eigenvalue weighted by Gasteiger charge is 2.26. The summed E-state index contributed by atoms with van der Waals surface area (Å²) in [7, 11) is 0. The second-order valence-corrected chi connectivity index (χ2v) is 9.33. The number of rotatable bonds is 6. The van der Waals surface area contributed by atoms with Gasteiger partial charge in [0.05, 0.1) is 12.1 Å². The quantitative estimate of drug-likeness (QED) is 0.362. The topological polar surface area (TPSA) is 110 Å². The van der Waals surface area contributed by atoms with Gasteiger partial charge in [-0.3, -0.25) is 10.1 Å². The Morgan fingerprint density at radius 1 is 1.15 bits per heavy atom. The molecule has 8 nitrogen and oxygen atoms in total. The van der Waals surface area contributed by atoms with Gasteiger partial charge in [0.2, 0.25) is 5.89 Å². The van der Waals surface area contributed by atoms with Crippen LogP contribution in [-0.4, -0.2) is 26.8 Å². The van der Waals surface area contributed by atoms with Crippen LogP contribution in [0.2, 0.25) is 0 Å². The molecule has 1 aliphatic rings. The van der Waals surface area contributed by atoms with Crippen LogP contribution in [0.5, 0.6) is 0 Å². The average Bonchev–Trinajstić information content (AvgIpc) is 3.55. The number of carbonyl (C=O) groups excluding carboxylic acids is 2. The van der Waals surface area contributed by atoms with Gasteiger partial charge in [0.25, 0.3) is 0 Å². The number of amides is 2. The number of hydrogen-bond donors (Lipinski definition) is 2. The van der Waals surface area contributed by atoms with E-state index in [4.69, 9.17) is 4.42 Å². The van der Waals surface area contributed by atoms with Gasteiger partial charge in [0.15, 0.2) is 22.1 Å². The lowest BCUT2D eigenvalue weighted by molar-refractivity contribution is 0.0923. The summed E-state index contributed by atoms with van der Waals surface area (Å²) in [4.78, 5) is 39.4. The van der Waals surface area contributed by atoms with Gasteiger partial charge in [-0.2, -0.15) is 4.98 Å². The first-order valence-electron chi connectivity index (χ1n) is 10.9. The van der Waals surface area contributed by atoms with Crippen LogP contribution in [0, 0.1) is 12.8 Å². The van der Waals surface area contributed by atoms with E-state index >= 15 is 0 Å². The van der Waals surface area contributed by atoms with Crippen molar-refractivity contribution in [2.45, 2.75) is 39.0 Å². The highest BCUT2D eigenvalue weighted by atomic mass is 32.1. The zero-order valence-corrected chi connectivity index (χ0v) is 18.9. The van der Waals surface area contributed by atoms with Crippen molar-refractivity contribution >= 4 is 45.2 Å². The number of aryl methyl sites for hydroxylation is 1. The van der Waals surface area contributed by atoms with Crippen molar-refractivity contribution in [2.24, 2.45) is 5.92 Å². The van der Waals surface area contributed by atoms with Crippen LogP contribution in [0.15, 0.2) is 47.1 Å². The molecule has 0 saturated heterocycles. The fourth-order valence-electron chi connectivity index (χ4n) is 4.11. The number of oxazole rings is 1. The zero-order chi connectivity index (χ0) is 22.8. The van der Waals surface area contributed by atoms with Crippen molar-refractivity contribution in [1.29, 1.82) is 0 Å². The number of anilines is 2. The summed E-state index contributed by atoms with van der Waals surface area (Å²) < 4.78 is 5.70. The molecule has 2 N–H and O–H groups in total. The summed E-state index contributed by atoms with van der Waals surface area (Å²) in [6.45, 7) is 1.94. The van der Waals surface area contributed by atoms with Gasteiger partial charge >= 0.3 is 6.03 Å². The molecule has 9 heteroatoms. The predicted octanol–water partition coefficient (Wildman–Crippen LogP) is 5.60. The molecule has 33 heavy (non-hydrogen) atoms. The molecule has 0 aliphatic heterocycles. The minimum absolute atomic E-state index is 0.0407. The Balaban J connectivity index is 1.25. The van der Waals surface area contributed by atoms with Crippen molar-refractivity contribution in [3.05, 3.63) is 64.6 Å². The van der Waals surface area contributed by atoms with Gasteiger partial charge in [-0.1, -0.05) is 24.5 Å². The normalized spacial score (nSPS) is 14.0. The van der Waals surface area contributed by atoms with Crippen molar-refractivity contribution in [2.75, 3.05) is 10.6 Å². The molecule has 1 saturated carbocycles. The van der Waals surface area contributed by atoms with Crippen LogP contribution in [0.1, 0.15) is 52.4 Å². The number of nitrogens with zero attached hydrogens (tertiary/aromatic N) is 3. The number of nitrogens with one attached hydrogen (secondary N) is 2. The third kappa shape index (κ3) is 4.78. The highest BCUT2D eigenvalue weighted by molar-refractivity contribution is 7.15. The second-order valence-electron chi connectivity index (χ2n) is 8.22. The Morgan fingerprint density at radius 2 is 2.00 bits per heavy atom. The molecule has 2 amide bonds. The lowest BCUT2D eigenvalue weighted by Crippen LogP contribution is -2.22. The third-order valence-corrected chi connectivity index (χ3v) is 6.64. The summed E-state index contributed by atoms with van der Waals surface area (Å²) in [6, 6.07) is 8.70. The van der Waals surface area contributed by atoms with Gasteiger partial charge in [0.1, 0.15) is 0 Å². The first kappa shape index (κ1) is 21.3. The molecule has 0 bridgehead atoms. The number of urea groups is 1. The lowest BCUT2D eigenvalue weighted by Gasteiger charge is -2.14. The maximum atomic E-state index is 13.0. The summed E-state index contributed by atoms with van der Waals surface area (Å²) in [5.41, 5.74) is 3.28. The largest absolute Gasteiger partial charge is 0.439 e. The molecule has 3 heterocycles. The number of fused-ring (bicyclic) bond motifs is 1. The minimum atomic E-state index is -0.439. The average molecular weight is 462 g/mol. The lowest BCUT2D eigenvalue weighted by atomic mass is 9.94. The van der Waals surface area contributed by atoms with Crippen molar-refractivity contribution in [3.63, 3.8) is 0 Å². The van der Waals surface area contributed by atoms with Crippen LogP contribution >= 0.6 is 11.3 Å².